The molecule has 0 radical (unpaired) electrons. The highest BCUT2D eigenvalue weighted by atomic mass is 35.5. The topological polar surface area (TPSA) is 86.8 Å². The van der Waals surface area contributed by atoms with E-state index in [1.807, 2.05) is 32.0 Å². The molecule has 0 aliphatic heterocycles. The molecular formula is C31H36ClN3O4S. The van der Waals surface area contributed by atoms with Gasteiger partial charge in [0.25, 0.3) is 10.0 Å². The Morgan fingerprint density at radius 3 is 2.27 bits per heavy atom. The summed E-state index contributed by atoms with van der Waals surface area (Å²) in [5.74, 6) is -0.773. The predicted octanol–water partition coefficient (Wildman–Crippen LogP) is 5.63. The van der Waals surface area contributed by atoms with Crippen molar-refractivity contribution < 1.29 is 18.0 Å². The van der Waals surface area contributed by atoms with Crippen molar-refractivity contribution in [1.82, 2.24) is 10.2 Å². The number of benzene rings is 3. The number of nitrogens with zero attached hydrogens (tertiary/aromatic N) is 2. The van der Waals surface area contributed by atoms with Crippen LogP contribution < -0.4 is 9.62 Å². The Kier molecular flexibility index (Phi) is 9.53. The van der Waals surface area contributed by atoms with Crippen molar-refractivity contribution in [2.75, 3.05) is 10.8 Å². The summed E-state index contributed by atoms with van der Waals surface area (Å²) in [6.07, 6.45) is 3.94. The van der Waals surface area contributed by atoms with E-state index in [-0.39, 0.29) is 23.4 Å². The zero-order valence-electron chi connectivity index (χ0n) is 23.1. The van der Waals surface area contributed by atoms with Crippen LogP contribution in [-0.2, 0) is 26.2 Å². The number of aryl methyl sites for hydroxylation is 2. The van der Waals surface area contributed by atoms with Crippen LogP contribution in [0.1, 0.15) is 49.3 Å². The van der Waals surface area contributed by atoms with Gasteiger partial charge in [0, 0.05) is 17.6 Å². The predicted molar refractivity (Wildman–Crippen MR) is 159 cm³/mol. The molecule has 3 aromatic rings. The molecule has 212 valence electrons. The molecule has 1 fully saturated rings. The Hall–Kier alpha value is -3.36. The molecule has 4 rings (SSSR count). The summed E-state index contributed by atoms with van der Waals surface area (Å²) >= 11 is 6.44. The number of carbonyl (C=O) groups is 2. The van der Waals surface area contributed by atoms with E-state index in [2.05, 4.69) is 5.32 Å². The lowest BCUT2D eigenvalue weighted by Crippen LogP contribution is -2.52. The van der Waals surface area contributed by atoms with Gasteiger partial charge >= 0.3 is 0 Å². The maximum absolute atomic E-state index is 14.1. The third-order valence-electron chi connectivity index (χ3n) is 7.40. The summed E-state index contributed by atoms with van der Waals surface area (Å²) in [5, 5.41) is 3.54. The fourth-order valence-corrected chi connectivity index (χ4v) is 6.80. The van der Waals surface area contributed by atoms with E-state index < -0.39 is 28.5 Å². The third-order valence-corrected chi connectivity index (χ3v) is 9.54. The van der Waals surface area contributed by atoms with Gasteiger partial charge in [0.05, 0.1) is 10.6 Å². The zero-order valence-corrected chi connectivity index (χ0v) is 24.7. The van der Waals surface area contributed by atoms with Gasteiger partial charge in [-0.3, -0.25) is 13.9 Å². The molecule has 1 aliphatic carbocycles. The van der Waals surface area contributed by atoms with Crippen LogP contribution >= 0.6 is 11.6 Å². The number of hydrogen-bond donors (Lipinski definition) is 1. The number of amides is 2. The highest BCUT2D eigenvalue weighted by Gasteiger charge is 2.34. The lowest BCUT2D eigenvalue weighted by atomic mass is 10.1. The molecule has 1 saturated carbocycles. The molecule has 7 nitrogen and oxygen atoms in total. The first-order valence-electron chi connectivity index (χ1n) is 13.6. The van der Waals surface area contributed by atoms with Crippen LogP contribution in [0.2, 0.25) is 5.02 Å². The molecule has 1 aliphatic rings. The monoisotopic (exact) mass is 581 g/mol. The maximum atomic E-state index is 14.1. The van der Waals surface area contributed by atoms with Gasteiger partial charge in [-0.25, -0.2) is 8.42 Å². The van der Waals surface area contributed by atoms with Crippen LogP contribution in [-0.4, -0.2) is 43.8 Å². The average molecular weight is 582 g/mol. The van der Waals surface area contributed by atoms with Gasteiger partial charge in [0.1, 0.15) is 12.6 Å². The van der Waals surface area contributed by atoms with Gasteiger partial charge in [-0.05, 0) is 69.0 Å². The highest BCUT2D eigenvalue weighted by Crippen LogP contribution is 2.29. The van der Waals surface area contributed by atoms with E-state index in [0.29, 0.717) is 16.3 Å². The Labute approximate surface area is 242 Å². The fourth-order valence-electron chi connectivity index (χ4n) is 5.10. The van der Waals surface area contributed by atoms with E-state index in [1.165, 1.54) is 17.0 Å². The molecule has 0 bridgehead atoms. The number of halogens is 1. The number of carbonyl (C=O) groups excluding carboxylic acids is 2. The summed E-state index contributed by atoms with van der Waals surface area (Å²) in [6.45, 7) is 5.00. The summed E-state index contributed by atoms with van der Waals surface area (Å²) in [7, 11) is -4.10. The first kappa shape index (κ1) is 29.6. The normalized spacial score (nSPS) is 14.5. The van der Waals surface area contributed by atoms with Crippen LogP contribution in [0.4, 0.5) is 5.69 Å². The fraction of sp³-hybridized carbons (Fsp3) is 0.355. The van der Waals surface area contributed by atoms with E-state index in [1.54, 1.807) is 49.4 Å². The van der Waals surface area contributed by atoms with Crippen molar-refractivity contribution in [3.63, 3.8) is 0 Å². The minimum absolute atomic E-state index is 0.0594. The van der Waals surface area contributed by atoms with Gasteiger partial charge in [-0.15, -0.1) is 0 Å². The second kappa shape index (κ2) is 12.9. The molecular weight excluding hydrogens is 546 g/mol. The molecule has 40 heavy (non-hydrogen) atoms. The van der Waals surface area contributed by atoms with Gasteiger partial charge in [-0.1, -0.05) is 78.5 Å². The zero-order chi connectivity index (χ0) is 28.9. The van der Waals surface area contributed by atoms with Crippen molar-refractivity contribution in [1.29, 1.82) is 0 Å². The van der Waals surface area contributed by atoms with Gasteiger partial charge in [0.2, 0.25) is 11.8 Å². The molecule has 3 aromatic carbocycles. The number of sulfonamides is 1. The minimum atomic E-state index is -4.10. The second-order valence-electron chi connectivity index (χ2n) is 10.4. The molecule has 0 spiro atoms. The summed E-state index contributed by atoms with van der Waals surface area (Å²) in [5.41, 5.74) is 2.77. The van der Waals surface area contributed by atoms with Gasteiger partial charge in [0.15, 0.2) is 0 Å². The van der Waals surface area contributed by atoms with Gasteiger partial charge in [-0.2, -0.15) is 0 Å². The molecule has 2 amide bonds. The van der Waals surface area contributed by atoms with E-state index in [0.717, 1.165) is 41.1 Å². The number of nitrogens with one attached hydrogen (secondary N) is 1. The first-order chi connectivity index (χ1) is 19.1. The lowest BCUT2D eigenvalue weighted by Gasteiger charge is -2.33. The molecule has 1 N–H and O–H groups in total. The van der Waals surface area contributed by atoms with E-state index >= 15 is 0 Å². The first-order valence-corrected chi connectivity index (χ1v) is 15.4. The van der Waals surface area contributed by atoms with Crippen LogP contribution in [0.5, 0.6) is 0 Å². The van der Waals surface area contributed by atoms with Crippen LogP contribution in [0, 0.1) is 13.8 Å². The van der Waals surface area contributed by atoms with Crippen LogP contribution in [0.25, 0.3) is 0 Å². The maximum Gasteiger partial charge on any atom is 0.264 e. The lowest BCUT2D eigenvalue weighted by molar-refractivity contribution is -0.139. The van der Waals surface area contributed by atoms with E-state index in [4.69, 9.17) is 11.6 Å². The Morgan fingerprint density at radius 2 is 1.62 bits per heavy atom. The van der Waals surface area contributed by atoms with Crippen molar-refractivity contribution in [3.8, 4) is 0 Å². The van der Waals surface area contributed by atoms with Crippen molar-refractivity contribution in [3.05, 3.63) is 94.5 Å². The largest absolute Gasteiger partial charge is 0.352 e. The molecule has 0 saturated heterocycles. The summed E-state index contributed by atoms with van der Waals surface area (Å²) in [4.78, 5) is 28.9. The third kappa shape index (κ3) is 6.85. The Morgan fingerprint density at radius 1 is 0.975 bits per heavy atom. The standard InChI is InChI=1S/C31H36ClN3O4S/c1-22-17-18-29(23(2)19-22)35(40(38,39)27-14-5-4-6-15-27)21-30(36)34(20-25-11-7-10-16-28(25)32)24(3)31(37)33-26-12-8-9-13-26/h4-7,10-11,14-19,24,26H,8-9,12-13,20-21H2,1-3H3,(H,33,37)/t24-/m1/s1. The number of rotatable bonds is 10. The summed E-state index contributed by atoms with van der Waals surface area (Å²) in [6, 6.07) is 19.8. The SMILES string of the molecule is Cc1ccc(N(CC(=O)N(Cc2ccccc2Cl)[C@H](C)C(=O)NC2CCCC2)S(=O)(=O)c2ccccc2)c(C)c1. The van der Waals surface area contributed by atoms with Crippen LogP contribution in [0.3, 0.4) is 0 Å². The van der Waals surface area contributed by atoms with Crippen molar-refractivity contribution in [2.24, 2.45) is 0 Å². The second-order valence-corrected chi connectivity index (χ2v) is 12.7. The molecule has 9 heteroatoms. The van der Waals surface area contributed by atoms with Crippen molar-refractivity contribution >= 4 is 39.1 Å². The van der Waals surface area contributed by atoms with Crippen LogP contribution in [0.15, 0.2) is 77.7 Å². The Balaban J connectivity index is 1.71. The average Bonchev–Trinajstić information content (AvgIpc) is 3.44. The Bertz CT molecular complexity index is 1460. The molecule has 0 heterocycles. The van der Waals surface area contributed by atoms with Gasteiger partial charge < -0.3 is 10.2 Å². The molecule has 1 atom stereocenters. The minimum Gasteiger partial charge on any atom is -0.352 e. The molecule has 0 aromatic heterocycles. The smallest absolute Gasteiger partial charge is 0.264 e. The molecule has 0 unspecified atom stereocenters. The van der Waals surface area contributed by atoms with E-state index in [9.17, 15) is 18.0 Å². The quantitative estimate of drug-likeness (QED) is 0.336. The summed E-state index contributed by atoms with van der Waals surface area (Å²) < 4.78 is 29.0. The number of anilines is 1. The van der Waals surface area contributed by atoms with Crippen molar-refractivity contribution in [2.45, 2.75) is 70.0 Å². The number of hydrogen-bond acceptors (Lipinski definition) is 4. The highest BCUT2D eigenvalue weighted by molar-refractivity contribution is 7.92.